The first-order valence-electron chi connectivity index (χ1n) is 15.8. The number of benzene rings is 4. The van der Waals surface area contributed by atoms with Gasteiger partial charge in [0, 0.05) is 25.2 Å². The zero-order valence-electron chi connectivity index (χ0n) is 27.6. The summed E-state index contributed by atoms with van der Waals surface area (Å²) in [5, 5.41) is 10.9. The van der Waals surface area contributed by atoms with Gasteiger partial charge in [0.1, 0.15) is 5.75 Å². The molecule has 0 spiro atoms. The Kier molecular flexibility index (Phi) is 9.29. The summed E-state index contributed by atoms with van der Waals surface area (Å²) in [4.78, 5) is 4.76. The van der Waals surface area contributed by atoms with E-state index in [0.717, 1.165) is 61.6 Å². The van der Waals surface area contributed by atoms with E-state index < -0.39 is 0 Å². The fraction of sp³-hybridized carbons (Fsp3) is 0.368. The van der Waals surface area contributed by atoms with Crippen LogP contribution in [0, 0.1) is 0 Å². The van der Waals surface area contributed by atoms with Crippen LogP contribution < -0.4 is 23.7 Å². The molecule has 0 aliphatic carbocycles. The molecule has 2 aliphatic rings. The summed E-state index contributed by atoms with van der Waals surface area (Å²) >= 11 is 0. The highest BCUT2D eigenvalue weighted by molar-refractivity contribution is 5.54. The second-order valence-electron chi connectivity index (χ2n) is 12.3. The Balaban J connectivity index is 1.29. The standard InChI is InChI=1S/C38H44N2O6/c1-39-15-14-27-21-36(44-5)38(23-30(27)31(39)17-24-7-10-28(42-3)11-8-24)46-34-19-25(9-12-33(34)41)18-32-29-22-37(45-6)35(43-4)20-26(29)13-16-40(32)2/h7-12,19-23,31-32,41H,13-18H2,1-6H3/t31?,32-/m1/s1. The topological polar surface area (TPSA) is 72.9 Å². The number of hydrogen-bond acceptors (Lipinski definition) is 8. The smallest absolute Gasteiger partial charge is 0.169 e. The minimum Gasteiger partial charge on any atom is -0.504 e. The molecule has 242 valence electrons. The van der Waals surface area contributed by atoms with Crippen molar-refractivity contribution >= 4 is 0 Å². The summed E-state index contributed by atoms with van der Waals surface area (Å²) < 4.78 is 28.9. The van der Waals surface area contributed by atoms with Gasteiger partial charge in [0.25, 0.3) is 0 Å². The van der Waals surface area contributed by atoms with Gasteiger partial charge in [0.05, 0.1) is 28.4 Å². The third-order valence-electron chi connectivity index (χ3n) is 9.58. The van der Waals surface area contributed by atoms with Gasteiger partial charge in [-0.3, -0.25) is 9.80 Å². The van der Waals surface area contributed by atoms with E-state index in [9.17, 15) is 5.11 Å². The van der Waals surface area contributed by atoms with Gasteiger partial charge < -0.3 is 28.8 Å². The number of aromatic hydroxyl groups is 1. The molecule has 0 saturated heterocycles. The number of likely N-dealkylation sites (N-methyl/N-ethyl adjacent to an activating group) is 2. The lowest BCUT2D eigenvalue weighted by Crippen LogP contribution is -2.33. The number of hydrogen-bond donors (Lipinski definition) is 1. The van der Waals surface area contributed by atoms with Gasteiger partial charge in [-0.05, 0) is 122 Å². The molecule has 2 atom stereocenters. The Morgan fingerprint density at radius 2 is 1.09 bits per heavy atom. The lowest BCUT2D eigenvalue weighted by molar-refractivity contribution is 0.227. The van der Waals surface area contributed by atoms with Crippen molar-refractivity contribution in [3.63, 3.8) is 0 Å². The SMILES string of the molecule is COc1ccc(CC2c3cc(Oc4cc(C[C@@H]5c6cc(OC)c(OC)cc6CCN5C)ccc4O)c(OC)cc3CCN2C)cc1. The Morgan fingerprint density at radius 1 is 0.587 bits per heavy atom. The van der Waals surface area contributed by atoms with Crippen LogP contribution in [0.3, 0.4) is 0 Å². The van der Waals surface area contributed by atoms with E-state index in [1.807, 2.05) is 24.3 Å². The fourth-order valence-corrected chi connectivity index (χ4v) is 6.85. The van der Waals surface area contributed by atoms with Gasteiger partial charge >= 0.3 is 0 Å². The first kappa shape index (κ1) is 31.6. The molecule has 1 unspecified atom stereocenters. The van der Waals surface area contributed by atoms with Crippen LogP contribution in [0.5, 0.6) is 40.2 Å². The second-order valence-corrected chi connectivity index (χ2v) is 12.3. The Morgan fingerprint density at radius 3 is 1.65 bits per heavy atom. The van der Waals surface area contributed by atoms with Crippen LogP contribution in [-0.2, 0) is 25.7 Å². The minimum atomic E-state index is 0.0826. The fourth-order valence-electron chi connectivity index (χ4n) is 6.85. The number of phenols is 1. The van der Waals surface area contributed by atoms with E-state index >= 15 is 0 Å². The summed E-state index contributed by atoms with van der Waals surface area (Å²) in [6, 6.07) is 22.6. The molecule has 46 heavy (non-hydrogen) atoms. The summed E-state index contributed by atoms with van der Waals surface area (Å²) in [5.41, 5.74) is 7.25. The van der Waals surface area contributed by atoms with Crippen molar-refractivity contribution in [3.8, 4) is 40.2 Å². The van der Waals surface area contributed by atoms with Crippen molar-refractivity contribution in [3.05, 3.63) is 100 Å². The quantitative estimate of drug-likeness (QED) is 0.208. The van der Waals surface area contributed by atoms with Crippen LogP contribution in [0.2, 0.25) is 0 Å². The molecule has 8 nitrogen and oxygen atoms in total. The molecule has 0 bridgehead atoms. The van der Waals surface area contributed by atoms with Crippen molar-refractivity contribution in [2.45, 2.75) is 37.8 Å². The maximum Gasteiger partial charge on any atom is 0.169 e. The molecule has 1 N–H and O–H groups in total. The summed E-state index contributed by atoms with van der Waals surface area (Å²) in [5.74, 6) is 4.05. The van der Waals surface area contributed by atoms with Crippen LogP contribution in [0.25, 0.3) is 0 Å². The molecule has 2 heterocycles. The van der Waals surface area contributed by atoms with Crippen molar-refractivity contribution in [2.75, 3.05) is 55.6 Å². The van der Waals surface area contributed by atoms with Crippen LogP contribution in [0.1, 0.15) is 45.5 Å². The van der Waals surface area contributed by atoms with Crippen molar-refractivity contribution in [1.29, 1.82) is 0 Å². The van der Waals surface area contributed by atoms with Gasteiger partial charge in [0.15, 0.2) is 34.5 Å². The predicted octanol–water partition coefficient (Wildman–Crippen LogP) is 6.76. The second kappa shape index (κ2) is 13.5. The van der Waals surface area contributed by atoms with Crippen LogP contribution in [0.4, 0.5) is 0 Å². The van der Waals surface area contributed by atoms with Crippen LogP contribution in [0.15, 0.2) is 66.7 Å². The third-order valence-corrected chi connectivity index (χ3v) is 9.58. The highest BCUT2D eigenvalue weighted by Crippen LogP contribution is 2.44. The average Bonchev–Trinajstić information content (AvgIpc) is 3.08. The van der Waals surface area contributed by atoms with Crippen molar-refractivity contribution < 1.29 is 28.8 Å². The maximum atomic E-state index is 10.9. The monoisotopic (exact) mass is 624 g/mol. The highest BCUT2D eigenvalue weighted by Gasteiger charge is 2.29. The molecule has 4 aromatic rings. The predicted molar refractivity (Wildman–Crippen MR) is 179 cm³/mol. The molecule has 0 aromatic heterocycles. The van der Waals surface area contributed by atoms with Gasteiger partial charge in [-0.15, -0.1) is 0 Å². The van der Waals surface area contributed by atoms with Crippen LogP contribution >= 0.6 is 0 Å². The van der Waals surface area contributed by atoms with E-state index in [1.165, 1.54) is 27.8 Å². The molecule has 0 fully saturated rings. The number of nitrogens with zero attached hydrogens (tertiary/aromatic N) is 2. The zero-order valence-corrected chi connectivity index (χ0v) is 27.6. The lowest BCUT2D eigenvalue weighted by Gasteiger charge is -2.35. The Bertz CT molecular complexity index is 1690. The van der Waals surface area contributed by atoms with E-state index in [2.05, 4.69) is 60.3 Å². The first-order chi connectivity index (χ1) is 22.3. The molecular weight excluding hydrogens is 580 g/mol. The average molecular weight is 625 g/mol. The van der Waals surface area contributed by atoms with Gasteiger partial charge in [-0.1, -0.05) is 18.2 Å². The number of phenolic OH excluding ortho intramolecular Hbond substituents is 1. The van der Waals surface area contributed by atoms with Crippen molar-refractivity contribution in [1.82, 2.24) is 9.80 Å². The zero-order chi connectivity index (χ0) is 32.4. The van der Waals surface area contributed by atoms with E-state index in [4.69, 9.17) is 23.7 Å². The van der Waals surface area contributed by atoms with Gasteiger partial charge in [-0.2, -0.15) is 0 Å². The van der Waals surface area contributed by atoms with Crippen LogP contribution in [-0.4, -0.2) is 70.5 Å². The highest BCUT2D eigenvalue weighted by atomic mass is 16.5. The Hall–Kier alpha value is -4.40. The number of fused-ring (bicyclic) bond motifs is 2. The molecule has 0 radical (unpaired) electrons. The van der Waals surface area contributed by atoms with Gasteiger partial charge in [0.2, 0.25) is 0 Å². The molecule has 0 amide bonds. The van der Waals surface area contributed by atoms with E-state index in [0.29, 0.717) is 17.2 Å². The van der Waals surface area contributed by atoms with E-state index in [-0.39, 0.29) is 17.8 Å². The number of rotatable bonds is 10. The first-order valence-corrected chi connectivity index (χ1v) is 15.8. The molecule has 4 aromatic carbocycles. The lowest BCUT2D eigenvalue weighted by atomic mass is 9.88. The largest absolute Gasteiger partial charge is 0.504 e. The molecule has 6 rings (SSSR count). The summed E-state index contributed by atoms with van der Waals surface area (Å²) in [6.07, 6.45) is 3.47. The maximum absolute atomic E-state index is 10.9. The number of ether oxygens (including phenoxy) is 5. The Labute approximate surface area is 272 Å². The molecule has 2 aliphatic heterocycles. The molecular formula is C38H44N2O6. The summed E-state index contributed by atoms with van der Waals surface area (Å²) in [7, 11) is 11.0. The van der Waals surface area contributed by atoms with Gasteiger partial charge in [-0.25, -0.2) is 0 Å². The third kappa shape index (κ3) is 6.32. The number of methoxy groups -OCH3 is 4. The normalized spacial score (nSPS) is 18.0. The van der Waals surface area contributed by atoms with Crippen molar-refractivity contribution in [2.24, 2.45) is 0 Å². The van der Waals surface area contributed by atoms with E-state index in [1.54, 1.807) is 34.5 Å². The molecule has 8 heteroatoms. The molecule has 0 saturated carbocycles. The minimum absolute atomic E-state index is 0.0826. The summed E-state index contributed by atoms with van der Waals surface area (Å²) in [6.45, 7) is 1.89.